The highest BCUT2D eigenvalue weighted by atomic mass is 15.2. The minimum absolute atomic E-state index is 0.152. The van der Waals surface area contributed by atoms with Crippen LogP contribution in [0.15, 0.2) is 53.8 Å². The summed E-state index contributed by atoms with van der Waals surface area (Å²) in [5.74, 6) is 0. The highest BCUT2D eigenvalue weighted by Crippen LogP contribution is 2.28. The molecule has 2 aromatic rings. The van der Waals surface area contributed by atoms with Crippen LogP contribution in [-0.4, -0.2) is 16.4 Å². The molecule has 100 valence electrons. The van der Waals surface area contributed by atoms with Crippen molar-refractivity contribution in [3.63, 3.8) is 0 Å². The summed E-state index contributed by atoms with van der Waals surface area (Å²) >= 11 is 0. The van der Waals surface area contributed by atoms with Crippen LogP contribution in [0.2, 0.25) is 0 Å². The Morgan fingerprint density at radius 1 is 1.25 bits per heavy atom. The summed E-state index contributed by atoms with van der Waals surface area (Å²) in [6.07, 6.45) is 1.79. The molecule has 2 heterocycles. The maximum Gasteiger partial charge on any atom is 0.0770 e. The van der Waals surface area contributed by atoms with Gasteiger partial charge in [0.2, 0.25) is 0 Å². The molecular weight excluding hydrogens is 250 g/mol. The van der Waals surface area contributed by atoms with Crippen LogP contribution in [0, 0.1) is 0 Å². The zero-order valence-electron chi connectivity index (χ0n) is 11.1. The molecule has 0 spiro atoms. The van der Waals surface area contributed by atoms with Crippen LogP contribution >= 0.6 is 0 Å². The molecule has 20 heavy (non-hydrogen) atoms. The lowest BCUT2D eigenvalue weighted by Crippen LogP contribution is -2.33. The molecule has 1 aliphatic rings. The van der Waals surface area contributed by atoms with Crippen LogP contribution in [0.25, 0.3) is 10.4 Å². The summed E-state index contributed by atoms with van der Waals surface area (Å²) in [4.78, 5) is 9.66. The van der Waals surface area contributed by atoms with Gasteiger partial charge in [-0.1, -0.05) is 41.5 Å². The van der Waals surface area contributed by atoms with Gasteiger partial charge >= 0.3 is 0 Å². The molecule has 3 rings (SSSR count). The molecule has 0 amide bonds. The largest absolute Gasteiger partial charge is 0.293 e. The molecule has 0 aliphatic carbocycles. The van der Waals surface area contributed by atoms with Crippen molar-refractivity contribution in [3.8, 4) is 0 Å². The van der Waals surface area contributed by atoms with Gasteiger partial charge in [0.05, 0.1) is 11.7 Å². The van der Waals surface area contributed by atoms with Crippen LogP contribution in [0.5, 0.6) is 0 Å². The van der Waals surface area contributed by atoms with E-state index >= 15 is 0 Å². The van der Waals surface area contributed by atoms with E-state index in [4.69, 9.17) is 5.53 Å². The third-order valence-corrected chi connectivity index (χ3v) is 3.53. The zero-order chi connectivity index (χ0) is 13.8. The van der Waals surface area contributed by atoms with Gasteiger partial charge in [0.15, 0.2) is 0 Å². The Balaban J connectivity index is 1.84. The van der Waals surface area contributed by atoms with Gasteiger partial charge in [-0.15, -0.1) is 0 Å². The van der Waals surface area contributed by atoms with Gasteiger partial charge in [-0.2, -0.15) is 0 Å². The first-order valence-corrected chi connectivity index (χ1v) is 6.61. The molecule has 5 heteroatoms. The van der Waals surface area contributed by atoms with Gasteiger partial charge in [-0.25, -0.2) is 0 Å². The Hall–Kier alpha value is -2.36. The number of azide groups is 1. The lowest BCUT2D eigenvalue weighted by atomic mass is 10.00. The summed E-state index contributed by atoms with van der Waals surface area (Å²) in [7, 11) is 0. The highest BCUT2D eigenvalue weighted by Gasteiger charge is 2.25. The van der Waals surface area contributed by atoms with Crippen molar-refractivity contribution in [3.05, 3.63) is 75.9 Å². The van der Waals surface area contributed by atoms with E-state index in [1.807, 2.05) is 30.3 Å². The minimum Gasteiger partial charge on any atom is -0.293 e. The molecule has 0 fully saturated rings. The second-order valence-corrected chi connectivity index (χ2v) is 4.92. The molecule has 0 N–H and O–H groups in total. The Kier molecular flexibility index (Phi) is 3.63. The van der Waals surface area contributed by atoms with Crippen LogP contribution in [0.1, 0.15) is 22.9 Å². The predicted octanol–water partition coefficient (Wildman–Crippen LogP) is 3.45. The molecular formula is C15H15N5. The molecule has 0 saturated heterocycles. The van der Waals surface area contributed by atoms with Crippen molar-refractivity contribution in [1.82, 2.24) is 9.88 Å². The first-order chi connectivity index (χ1) is 9.86. The Labute approximate surface area is 117 Å². The van der Waals surface area contributed by atoms with E-state index < -0.39 is 0 Å². The van der Waals surface area contributed by atoms with E-state index in [1.54, 1.807) is 6.20 Å². The second-order valence-electron chi connectivity index (χ2n) is 4.92. The quantitative estimate of drug-likeness (QED) is 0.484. The Morgan fingerprint density at radius 2 is 2.10 bits per heavy atom. The molecule has 1 atom stereocenters. The lowest BCUT2D eigenvalue weighted by Gasteiger charge is -2.31. The van der Waals surface area contributed by atoms with Gasteiger partial charge in [-0.05, 0) is 22.7 Å². The molecule has 1 aromatic carbocycles. The summed E-state index contributed by atoms with van der Waals surface area (Å²) in [5.41, 5.74) is 12.1. The van der Waals surface area contributed by atoms with Crippen molar-refractivity contribution in [2.75, 3.05) is 6.54 Å². The fraction of sp³-hybridized carbons (Fsp3) is 0.267. The monoisotopic (exact) mass is 265 g/mol. The number of pyridine rings is 1. The second kappa shape index (κ2) is 5.74. The zero-order valence-corrected chi connectivity index (χ0v) is 11.1. The predicted molar refractivity (Wildman–Crippen MR) is 76.7 cm³/mol. The lowest BCUT2D eigenvalue weighted by molar-refractivity contribution is 0.219. The van der Waals surface area contributed by atoms with E-state index in [-0.39, 0.29) is 6.04 Å². The number of fused-ring (bicyclic) bond motifs is 1. The number of hydrogen-bond acceptors (Lipinski definition) is 3. The van der Waals surface area contributed by atoms with Crippen molar-refractivity contribution >= 4 is 0 Å². The van der Waals surface area contributed by atoms with Crippen LogP contribution in [-0.2, 0) is 13.1 Å². The van der Waals surface area contributed by atoms with Gasteiger partial charge in [0, 0.05) is 30.7 Å². The number of hydrogen-bond donors (Lipinski definition) is 0. The number of benzene rings is 1. The third-order valence-electron chi connectivity index (χ3n) is 3.53. The standard InChI is InChI=1S/C15H15N5/c16-19-18-15-11-20(9-12-5-2-1-3-6-12)10-14-13(15)7-4-8-17-14/h1-8,15H,9-11H2. The Morgan fingerprint density at radius 3 is 2.90 bits per heavy atom. The van der Waals surface area contributed by atoms with E-state index in [0.29, 0.717) is 0 Å². The van der Waals surface area contributed by atoms with Crippen LogP contribution in [0.4, 0.5) is 0 Å². The topological polar surface area (TPSA) is 64.9 Å². The maximum absolute atomic E-state index is 8.74. The number of nitrogens with zero attached hydrogens (tertiary/aromatic N) is 5. The first-order valence-electron chi connectivity index (χ1n) is 6.61. The molecule has 0 bridgehead atoms. The summed E-state index contributed by atoms with van der Waals surface area (Å²) < 4.78 is 0. The van der Waals surface area contributed by atoms with Gasteiger partial charge in [0.1, 0.15) is 0 Å². The Bertz CT molecular complexity index is 634. The average molecular weight is 265 g/mol. The van der Waals surface area contributed by atoms with Gasteiger partial charge in [0.25, 0.3) is 0 Å². The van der Waals surface area contributed by atoms with Crippen LogP contribution < -0.4 is 0 Å². The van der Waals surface area contributed by atoms with Crippen molar-refractivity contribution < 1.29 is 0 Å². The van der Waals surface area contributed by atoms with Crippen LogP contribution in [0.3, 0.4) is 0 Å². The smallest absolute Gasteiger partial charge is 0.0770 e. The SMILES string of the molecule is [N-]=[N+]=NC1CN(Cc2ccccc2)Cc2ncccc21. The van der Waals surface area contributed by atoms with Gasteiger partial charge in [-0.3, -0.25) is 9.88 Å². The highest BCUT2D eigenvalue weighted by molar-refractivity contribution is 5.27. The van der Waals surface area contributed by atoms with Gasteiger partial charge < -0.3 is 0 Å². The number of aromatic nitrogens is 1. The molecule has 0 radical (unpaired) electrons. The summed E-state index contributed by atoms with van der Waals surface area (Å²) in [5, 5.41) is 3.92. The van der Waals surface area contributed by atoms with E-state index in [9.17, 15) is 0 Å². The van der Waals surface area contributed by atoms with E-state index in [2.05, 4.69) is 32.0 Å². The molecule has 5 nitrogen and oxygen atoms in total. The summed E-state index contributed by atoms with van der Waals surface area (Å²) in [6.45, 7) is 2.37. The van der Waals surface area contributed by atoms with Crippen molar-refractivity contribution in [2.45, 2.75) is 19.1 Å². The first kappa shape index (κ1) is 12.7. The molecule has 0 saturated carbocycles. The normalized spacial score (nSPS) is 18.1. The molecule has 1 aliphatic heterocycles. The summed E-state index contributed by atoms with van der Waals surface area (Å²) in [6, 6.07) is 14.0. The number of rotatable bonds is 3. The average Bonchev–Trinajstić information content (AvgIpc) is 2.49. The van der Waals surface area contributed by atoms with E-state index in [0.717, 1.165) is 30.9 Å². The molecule has 1 unspecified atom stereocenters. The minimum atomic E-state index is -0.152. The van der Waals surface area contributed by atoms with Crippen molar-refractivity contribution in [2.24, 2.45) is 5.11 Å². The maximum atomic E-state index is 8.74. The fourth-order valence-corrected chi connectivity index (χ4v) is 2.63. The third kappa shape index (κ3) is 2.64. The fourth-order valence-electron chi connectivity index (χ4n) is 2.63. The van der Waals surface area contributed by atoms with E-state index in [1.165, 1.54) is 5.56 Å². The molecule has 1 aromatic heterocycles. The van der Waals surface area contributed by atoms with Crippen molar-refractivity contribution in [1.29, 1.82) is 0 Å².